The predicted molar refractivity (Wildman–Crippen MR) is 124 cm³/mol. The summed E-state index contributed by atoms with van der Waals surface area (Å²) in [5.74, 6) is 0.860. The Kier molecular flexibility index (Phi) is 6.77. The van der Waals surface area contributed by atoms with Crippen LogP contribution in [0.4, 0.5) is 0 Å². The molecule has 0 unspecified atom stereocenters. The molecule has 4 nitrogen and oxygen atoms in total. The number of thiophene rings is 1. The second-order valence-electron chi connectivity index (χ2n) is 6.96. The van der Waals surface area contributed by atoms with Gasteiger partial charge in [-0.2, -0.15) is 0 Å². The lowest BCUT2D eigenvalue weighted by atomic mass is 10.1. The fraction of sp³-hybridized carbons (Fsp3) is 0.217. The first kappa shape index (κ1) is 21.0. The molecule has 1 aliphatic heterocycles. The van der Waals surface area contributed by atoms with Gasteiger partial charge in [0.1, 0.15) is 0 Å². The van der Waals surface area contributed by atoms with Crippen LogP contribution in [0.25, 0.3) is 0 Å². The number of carbonyl (C=O) groups excluding carboxylic acids is 2. The standard InChI is InChI=1S/C23H21ClN2O2S2/c24-18-9-7-17(8-10-18)22(27)25-11-13-26(14-12-25)23(28)20-5-1-2-6-21(20)30-16-19-4-3-15-29-19/h1-10,15H,11-14,16H2. The second-order valence-corrected chi connectivity index (χ2v) is 9.44. The van der Waals surface area contributed by atoms with Crippen molar-refractivity contribution in [3.63, 3.8) is 0 Å². The minimum Gasteiger partial charge on any atom is -0.335 e. The molecule has 1 aromatic heterocycles. The van der Waals surface area contributed by atoms with Gasteiger partial charge in [0.2, 0.25) is 0 Å². The normalized spacial score (nSPS) is 14.0. The van der Waals surface area contributed by atoms with Crippen molar-refractivity contribution in [2.24, 2.45) is 0 Å². The highest BCUT2D eigenvalue weighted by Gasteiger charge is 2.26. The topological polar surface area (TPSA) is 40.6 Å². The molecule has 2 aromatic carbocycles. The van der Waals surface area contributed by atoms with Crippen LogP contribution in [0.1, 0.15) is 25.6 Å². The van der Waals surface area contributed by atoms with Crippen molar-refractivity contribution in [3.8, 4) is 0 Å². The quantitative estimate of drug-likeness (QED) is 0.489. The van der Waals surface area contributed by atoms with E-state index in [1.807, 2.05) is 35.2 Å². The zero-order valence-corrected chi connectivity index (χ0v) is 18.7. The molecule has 0 aliphatic carbocycles. The summed E-state index contributed by atoms with van der Waals surface area (Å²) >= 11 is 9.32. The van der Waals surface area contributed by atoms with E-state index in [1.54, 1.807) is 52.3 Å². The lowest BCUT2D eigenvalue weighted by Gasteiger charge is -2.35. The van der Waals surface area contributed by atoms with Gasteiger partial charge in [-0.05, 0) is 47.8 Å². The third-order valence-electron chi connectivity index (χ3n) is 5.01. The monoisotopic (exact) mass is 456 g/mol. The van der Waals surface area contributed by atoms with Crippen molar-refractivity contribution in [2.45, 2.75) is 10.6 Å². The molecule has 30 heavy (non-hydrogen) atoms. The van der Waals surface area contributed by atoms with Crippen molar-refractivity contribution < 1.29 is 9.59 Å². The van der Waals surface area contributed by atoms with E-state index in [0.29, 0.717) is 36.8 Å². The maximum absolute atomic E-state index is 13.2. The Morgan fingerprint density at radius 2 is 1.53 bits per heavy atom. The number of carbonyl (C=O) groups is 2. The zero-order chi connectivity index (χ0) is 20.9. The molecule has 1 fully saturated rings. The van der Waals surface area contributed by atoms with E-state index < -0.39 is 0 Å². The Morgan fingerprint density at radius 1 is 0.867 bits per heavy atom. The largest absolute Gasteiger partial charge is 0.335 e. The number of halogens is 1. The summed E-state index contributed by atoms with van der Waals surface area (Å²) in [4.78, 5) is 31.8. The van der Waals surface area contributed by atoms with Crippen LogP contribution in [0, 0.1) is 0 Å². The van der Waals surface area contributed by atoms with Gasteiger partial charge in [0, 0.05) is 52.3 Å². The minimum atomic E-state index is -0.0225. The van der Waals surface area contributed by atoms with Gasteiger partial charge in [0.15, 0.2) is 0 Å². The van der Waals surface area contributed by atoms with Gasteiger partial charge in [-0.1, -0.05) is 29.8 Å². The summed E-state index contributed by atoms with van der Waals surface area (Å²) < 4.78 is 0. The van der Waals surface area contributed by atoms with Crippen LogP contribution in [0.15, 0.2) is 70.9 Å². The van der Waals surface area contributed by atoms with Crippen LogP contribution < -0.4 is 0 Å². The van der Waals surface area contributed by atoms with Crippen molar-refractivity contribution in [1.29, 1.82) is 0 Å². The molecular weight excluding hydrogens is 436 g/mol. The van der Waals surface area contributed by atoms with Gasteiger partial charge < -0.3 is 9.80 Å². The highest BCUT2D eigenvalue weighted by molar-refractivity contribution is 7.98. The SMILES string of the molecule is O=C(c1ccc(Cl)cc1)N1CCN(C(=O)c2ccccc2SCc2cccs2)CC1. The van der Waals surface area contributed by atoms with Gasteiger partial charge in [-0.25, -0.2) is 0 Å². The maximum atomic E-state index is 13.2. The summed E-state index contributed by atoms with van der Waals surface area (Å²) in [5.41, 5.74) is 1.35. The zero-order valence-electron chi connectivity index (χ0n) is 16.3. The predicted octanol–water partition coefficient (Wildman–Crippen LogP) is 5.29. The third kappa shape index (κ3) is 4.89. The number of nitrogens with zero attached hydrogens (tertiary/aromatic N) is 2. The molecule has 1 saturated heterocycles. The summed E-state index contributed by atoms with van der Waals surface area (Å²) in [5, 5.41) is 2.68. The lowest BCUT2D eigenvalue weighted by Crippen LogP contribution is -2.50. The first-order valence-corrected chi connectivity index (χ1v) is 11.9. The first-order valence-electron chi connectivity index (χ1n) is 9.70. The van der Waals surface area contributed by atoms with Crippen molar-refractivity contribution in [3.05, 3.63) is 87.1 Å². The molecule has 0 atom stereocenters. The second kappa shape index (κ2) is 9.69. The van der Waals surface area contributed by atoms with Crippen LogP contribution in [0.5, 0.6) is 0 Å². The van der Waals surface area contributed by atoms with Crippen molar-refractivity contribution in [2.75, 3.05) is 26.2 Å². The van der Waals surface area contributed by atoms with Crippen LogP contribution in [0.3, 0.4) is 0 Å². The average Bonchev–Trinajstić information content (AvgIpc) is 3.31. The Hall–Kier alpha value is -2.28. The molecule has 3 aromatic rings. The lowest BCUT2D eigenvalue weighted by molar-refractivity contribution is 0.0533. The molecule has 0 bridgehead atoms. The maximum Gasteiger partial charge on any atom is 0.255 e. The highest BCUT2D eigenvalue weighted by Crippen LogP contribution is 2.29. The third-order valence-corrected chi connectivity index (χ3v) is 7.45. The van der Waals surface area contributed by atoms with Crippen LogP contribution in [-0.4, -0.2) is 47.8 Å². The van der Waals surface area contributed by atoms with Crippen LogP contribution in [0.2, 0.25) is 5.02 Å². The van der Waals surface area contributed by atoms with Crippen molar-refractivity contribution in [1.82, 2.24) is 9.80 Å². The van der Waals surface area contributed by atoms with E-state index in [-0.39, 0.29) is 11.8 Å². The summed E-state index contributed by atoms with van der Waals surface area (Å²) in [6.45, 7) is 2.11. The van der Waals surface area contributed by atoms with Gasteiger partial charge in [0.25, 0.3) is 11.8 Å². The van der Waals surface area contributed by atoms with E-state index in [2.05, 4.69) is 11.4 Å². The van der Waals surface area contributed by atoms with Gasteiger partial charge in [-0.15, -0.1) is 23.1 Å². The van der Waals surface area contributed by atoms with Gasteiger partial charge in [0.05, 0.1) is 5.56 Å². The Morgan fingerprint density at radius 3 is 2.20 bits per heavy atom. The van der Waals surface area contributed by atoms with Crippen LogP contribution in [-0.2, 0) is 5.75 Å². The molecule has 1 aliphatic rings. The molecule has 0 spiro atoms. The molecule has 0 N–H and O–H groups in total. The Labute approximate surface area is 189 Å². The smallest absolute Gasteiger partial charge is 0.255 e. The molecule has 154 valence electrons. The summed E-state index contributed by atoms with van der Waals surface area (Å²) in [6.07, 6.45) is 0. The fourth-order valence-electron chi connectivity index (χ4n) is 3.37. The minimum absolute atomic E-state index is 0.0225. The van der Waals surface area contributed by atoms with E-state index in [9.17, 15) is 9.59 Å². The molecule has 0 radical (unpaired) electrons. The molecular formula is C23H21ClN2O2S2. The number of thioether (sulfide) groups is 1. The molecule has 4 rings (SSSR count). The van der Waals surface area contributed by atoms with Gasteiger partial charge >= 0.3 is 0 Å². The number of hydrogen-bond acceptors (Lipinski definition) is 4. The number of amides is 2. The molecule has 0 saturated carbocycles. The van der Waals surface area contributed by atoms with E-state index >= 15 is 0 Å². The first-order chi connectivity index (χ1) is 14.6. The van der Waals surface area contributed by atoms with Crippen LogP contribution >= 0.6 is 34.7 Å². The fourth-order valence-corrected chi connectivity index (χ4v) is 5.31. The van der Waals surface area contributed by atoms with E-state index in [1.165, 1.54) is 4.88 Å². The number of rotatable bonds is 5. The van der Waals surface area contributed by atoms with Crippen molar-refractivity contribution >= 4 is 46.5 Å². The Bertz CT molecular complexity index is 1010. The highest BCUT2D eigenvalue weighted by atomic mass is 35.5. The van der Waals surface area contributed by atoms with Gasteiger partial charge in [-0.3, -0.25) is 9.59 Å². The Balaban J connectivity index is 1.38. The molecule has 2 amide bonds. The van der Waals surface area contributed by atoms with E-state index in [0.717, 1.165) is 16.2 Å². The summed E-state index contributed by atoms with van der Waals surface area (Å²) in [7, 11) is 0. The average molecular weight is 457 g/mol. The molecule has 7 heteroatoms. The van der Waals surface area contributed by atoms with E-state index in [4.69, 9.17) is 11.6 Å². The number of hydrogen-bond donors (Lipinski definition) is 0. The number of benzene rings is 2. The number of piperazine rings is 1. The molecule has 2 heterocycles. The summed E-state index contributed by atoms with van der Waals surface area (Å²) in [6, 6.07) is 18.8.